The predicted molar refractivity (Wildman–Crippen MR) is 98.9 cm³/mol. The van der Waals surface area contributed by atoms with Gasteiger partial charge in [-0.1, -0.05) is 33.2 Å². The SMILES string of the molecule is COc1cc(/C=N/O)cc(Br)c1OC(=O)C=Cc1ccc(Br)cc1. The summed E-state index contributed by atoms with van der Waals surface area (Å²) < 4.78 is 12.0. The summed E-state index contributed by atoms with van der Waals surface area (Å²) in [7, 11) is 1.46. The highest BCUT2D eigenvalue weighted by Gasteiger charge is 2.14. The third-order valence-corrected chi connectivity index (χ3v) is 4.06. The summed E-state index contributed by atoms with van der Waals surface area (Å²) in [5, 5.41) is 11.6. The monoisotopic (exact) mass is 453 g/mol. The van der Waals surface area contributed by atoms with Crippen LogP contribution in [0.4, 0.5) is 0 Å². The molecule has 0 fully saturated rings. The summed E-state index contributed by atoms with van der Waals surface area (Å²) in [6.45, 7) is 0. The molecule has 0 bridgehead atoms. The highest BCUT2D eigenvalue weighted by atomic mass is 79.9. The molecule has 24 heavy (non-hydrogen) atoms. The second-order valence-electron chi connectivity index (χ2n) is 4.58. The molecule has 0 saturated carbocycles. The number of hydrogen-bond donors (Lipinski definition) is 1. The van der Waals surface area contributed by atoms with Crippen molar-refractivity contribution in [3.05, 3.63) is 62.5 Å². The van der Waals surface area contributed by atoms with E-state index < -0.39 is 5.97 Å². The van der Waals surface area contributed by atoms with Gasteiger partial charge < -0.3 is 14.7 Å². The van der Waals surface area contributed by atoms with Gasteiger partial charge in [0.15, 0.2) is 11.5 Å². The van der Waals surface area contributed by atoms with Crippen molar-refractivity contribution in [1.29, 1.82) is 0 Å². The van der Waals surface area contributed by atoms with E-state index in [1.165, 1.54) is 19.4 Å². The molecular weight excluding hydrogens is 442 g/mol. The Morgan fingerprint density at radius 2 is 1.88 bits per heavy atom. The van der Waals surface area contributed by atoms with Crippen molar-refractivity contribution in [2.75, 3.05) is 7.11 Å². The van der Waals surface area contributed by atoms with Crippen molar-refractivity contribution in [1.82, 2.24) is 0 Å². The Morgan fingerprint density at radius 3 is 2.50 bits per heavy atom. The van der Waals surface area contributed by atoms with E-state index in [4.69, 9.17) is 14.7 Å². The zero-order valence-electron chi connectivity index (χ0n) is 12.6. The number of carbonyl (C=O) groups excluding carboxylic acids is 1. The minimum atomic E-state index is -0.541. The second-order valence-corrected chi connectivity index (χ2v) is 6.35. The van der Waals surface area contributed by atoms with E-state index in [1.807, 2.05) is 24.3 Å². The first kappa shape index (κ1) is 18.2. The van der Waals surface area contributed by atoms with Gasteiger partial charge in [0.2, 0.25) is 0 Å². The fraction of sp³-hybridized carbons (Fsp3) is 0.0588. The quantitative estimate of drug-likeness (QED) is 0.178. The highest BCUT2D eigenvalue weighted by Crippen LogP contribution is 2.36. The number of methoxy groups -OCH3 is 1. The number of carbonyl (C=O) groups is 1. The molecule has 0 aliphatic carbocycles. The van der Waals surface area contributed by atoms with Crippen LogP contribution in [-0.4, -0.2) is 24.5 Å². The van der Waals surface area contributed by atoms with E-state index in [1.54, 1.807) is 18.2 Å². The zero-order valence-corrected chi connectivity index (χ0v) is 15.7. The first-order chi connectivity index (χ1) is 11.5. The standard InChI is InChI=1S/C17H13Br2NO4/c1-23-15-9-12(10-20-22)8-14(19)17(15)24-16(21)7-4-11-2-5-13(18)6-3-11/h2-10,22H,1H3/b7-4?,20-10+. The molecule has 2 rings (SSSR count). The maximum atomic E-state index is 12.0. The molecule has 0 saturated heterocycles. The van der Waals surface area contributed by atoms with Crippen LogP contribution in [0.2, 0.25) is 0 Å². The van der Waals surface area contributed by atoms with E-state index in [9.17, 15) is 4.79 Å². The maximum absolute atomic E-state index is 12.0. The minimum Gasteiger partial charge on any atom is -0.493 e. The molecule has 1 N–H and O–H groups in total. The van der Waals surface area contributed by atoms with Crippen LogP contribution < -0.4 is 9.47 Å². The third-order valence-electron chi connectivity index (χ3n) is 2.94. The molecule has 124 valence electrons. The van der Waals surface area contributed by atoms with E-state index >= 15 is 0 Å². The van der Waals surface area contributed by atoms with Gasteiger partial charge in [0.1, 0.15) is 0 Å². The zero-order chi connectivity index (χ0) is 17.5. The van der Waals surface area contributed by atoms with Gasteiger partial charge in [0, 0.05) is 16.1 Å². The number of benzene rings is 2. The Labute approximate surface area is 155 Å². The highest BCUT2D eigenvalue weighted by molar-refractivity contribution is 9.10. The number of ether oxygens (including phenoxy) is 2. The van der Waals surface area contributed by atoms with Crippen molar-refractivity contribution >= 4 is 50.1 Å². The van der Waals surface area contributed by atoms with Crippen LogP contribution in [0, 0.1) is 0 Å². The van der Waals surface area contributed by atoms with Crippen LogP contribution in [0.1, 0.15) is 11.1 Å². The summed E-state index contributed by atoms with van der Waals surface area (Å²) in [6, 6.07) is 10.7. The lowest BCUT2D eigenvalue weighted by Crippen LogP contribution is -2.06. The van der Waals surface area contributed by atoms with Crippen LogP contribution in [0.25, 0.3) is 6.08 Å². The Morgan fingerprint density at radius 1 is 1.17 bits per heavy atom. The second kappa shape index (κ2) is 8.65. The van der Waals surface area contributed by atoms with Crippen LogP contribution in [0.5, 0.6) is 11.5 Å². The van der Waals surface area contributed by atoms with Gasteiger partial charge >= 0.3 is 5.97 Å². The first-order valence-corrected chi connectivity index (χ1v) is 8.32. The third kappa shape index (κ3) is 4.94. The molecule has 0 unspecified atom stereocenters. The molecule has 0 aliphatic rings. The fourth-order valence-electron chi connectivity index (χ4n) is 1.85. The summed E-state index contributed by atoms with van der Waals surface area (Å²) in [4.78, 5) is 12.0. The minimum absolute atomic E-state index is 0.248. The van der Waals surface area contributed by atoms with Crippen molar-refractivity contribution in [3.63, 3.8) is 0 Å². The lowest BCUT2D eigenvalue weighted by atomic mass is 10.2. The van der Waals surface area contributed by atoms with Gasteiger partial charge in [-0.2, -0.15) is 0 Å². The van der Waals surface area contributed by atoms with Gasteiger partial charge in [-0.25, -0.2) is 4.79 Å². The van der Waals surface area contributed by atoms with Gasteiger partial charge in [-0.3, -0.25) is 0 Å². The summed E-state index contributed by atoms with van der Waals surface area (Å²) in [5.74, 6) is 0.0446. The molecule has 2 aromatic carbocycles. The van der Waals surface area contributed by atoms with E-state index in [0.29, 0.717) is 15.8 Å². The summed E-state index contributed by atoms with van der Waals surface area (Å²) >= 11 is 6.66. The molecule has 0 amide bonds. The predicted octanol–water partition coefficient (Wildman–Crippen LogP) is 4.65. The van der Waals surface area contributed by atoms with Crippen molar-refractivity contribution in [2.24, 2.45) is 5.16 Å². The first-order valence-electron chi connectivity index (χ1n) is 6.74. The number of oxime groups is 1. The maximum Gasteiger partial charge on any atom is 0.336 e. The fourth-order valence-corrected chi connectivity index (χ4v) is 2.66. The van der Waals surface area contributed by atoms with E-state index in [2.05, 4.69) is 37.0 Å². The van der Waals surface area contributed by atoms with Gasteiger partial charge in [-0.15, -0.1) is 0 Å². The normalized spacial score (nSPS) is 11.1. The largest absolute Gasteiger partial charge is 0.493 e. The lowest BCUT2D eigenvalue weighted by Gasteiger charge is -2.11. The molecule has 0 atom stereocenters. The van der Waals surface area contributed by atoms with Crippen molar-refractivity contribution in [3.8, 4) is 11.5 Å². The number of nitrogens with zero attached hydrogens (tertiary/aromatic N) is 1. The Bertz CT molecular complexity index is 786. The van der Waals surface area contributed by atoms with Crippen molar-refractivity contribution in [2.45, 2.75) is 0 Å². The van der Waals surface area contributed by atoms with E-state index in [0.717, 1.165) is 10.0 Å². The van der Waals surface area contributed by atoms with Gasteiger partial charge in [0.05, 0.1) is 17.8 Å². The summed E-state index contributed by atoms with van der Waals surface area (Å²) in [6.07, 6.45) is 4.23. The average molecular weight is 455 g/mol. The summed E-state index contributed by atoms with van der Waals surface area (Å²) in [5.41, 5.74) is 1.46. The van der Waals surface area contributed by atoms with Crippen LogP contribution >= 0.6 is 31.9 Å². The van der Waals surface area contributed by atoms with Gasteiger partial charge in [0.25, 0.3) is 0 Å². The molecular formula is C17H13Br2NO4. The van der Waals surface area contributed by atoms with Crippen LogP contribution in [-0.2, 0) is 4.79 Å². The number of esters is 1. The topological polar surface area (TPSA) is 68.1 Å². The number of halogens is 2. The molecule has 5 nitrogen and oxygen atoms in total. The molecule has 0 spiro atoms. The number of rotatable bonds is 5. The van der Waals surface area contributed by atoms with Crippen LogP contribution in [0.3, 0.4) is 0 Å². The molecule has 0 heterocycles. The molecule has 0 aliphatic heterocycles. The average Bonchev–Trinajstić information content (AvgIpc) is 2.56. The van der Waals surface area contributed by atoms with Crippen LogP contribution in [0.15, 0.2) is 56.6 Å². The molecule has 0 aromatic heterocycles. The van der Waals surface area contributed by atoms with E-state index in [-0.39, 0.29) is 5.75 Å². The molecule has 0 radical (unpaired) electrons. The molecule has 2 aromatic rings. The van der Waals surface area contributed by atoms with Gasteiger partial charge in [-0.05, 0) is 51.8 Å². The smallest absolute Gasteiger partial charge is 0.336 e. The number of hydrogen-bond acceptors (Lipinski definition) is 5. The molecule has 7 heteroatoms. The Hall–Kier alpha value is -2.12. The Kier molecular flexibility index (Phi) is 6.57. The Balaban J connectivity index is 2.17. The van der Waals surface area contributed by atoms with Crippen molar-refractivity contribution < 1.29 is 19.5 Å². The lowest BCUT2D eigenvalue weighted by molar-refractivity contribution is -0.129.